The van der Waals surface area contributed by atoms with Crippen molar-refractivity contribution in [1.29, 1.82) is 0 Å². The SMILES string of the molecule is Cn1cc(C(F)(F)F)cc(Nc2nn(-c3ccc(OC(F)(F)F)cc3)c(=O)c3c2CCC3)c1=O. The number of hydrogen-bond acceptors (Lipinski definition) is 5. The molecule has 7 nitrogen and oxygen atoms in total. The molecule has 0 atom stereocenters. The van der Waals surface area contributed by atoms with Crippen molar-refractivity contribution in [3.05, 3.63) is 73.9 Å². The molecule has 0 spiro atoms. The van der Waals surface area contributed by atoms with Crippen molar-refractivity contribution < 1.29 is 31.1 Å². The Morgan fingerprint density at radius 2 is 1.62 bits per heavy atom. The summed E-state index contributed by atoms with van der Waals surface area (Å²) in [6.45, 7) is 0. The number of benzene rings is 1. The molecule has 1 aliphatic carbocycles. The Labute approximate surface area is 187 Å². The van der Waals surface area contributed by atoms with Crippen LogP contribution in [0.25, 0.3) is 5.69 Å². The Bertz CT molecular complexity index is 1360. The second-order valence-electron chi connectivity index (χ2n) is 7.60. The third-order valence-corrected chi connectivity index (χ3v) is 5.23. The molecule has 3 aromatic rings. The van der Waals surface area contributed by atoms with E-state index in [1.807, 2.05) is 0 Å². The van der Waals surface area contributed by atoms with Crippen LogP contribution in [0.3, 0.4) is 0 Å². The van der Waals surface area contributed by atoms with Crippen LogP contribution in [0.15, 0.2) is 46.1 Å². The number of halogens is 6. The van der Waals surface area contributed by atoms with Gasteiger partial charge in [-0.3, -0.25) is 9.59 Å². The molecule has 0 aliphatic heterocycles. The van der Waals surface area contributed by atoms with Gasteiger partial charge in [0, 0.05) is 24.4 Å². The lowest BCUT2D eigenvalue weighted by Crippen LogP contribution is -2.28. The summed E-state index contributed by atoms with van der Waals surface area (Å²) in [6.07, 6.45) is -7.55. The Hall–Kier alpha value is -3.77. The molecule has 4 rings (SSSR count). The standard InChI is InChI=1S/C21H16F6N4O3/c1-30-10-11(20(22,23)24)9-16(19(30)33)28-17-14-3-2-4-15(14)18(32)31(29-17)12-5-7-13(8-6-12)34-21(25,26)27/h5-10H,2-4H2,1H3,(H,28,29). The number of anilines is 2. The normalized spacial score (nSPS) is 13.6. The molecule has 1 aromatic carbocycles. The van der Waals surface area contributed by atoms with E-state index < -0.39 is 40.7 Å². The summed E-state index contributed by atoms with van der Waals surface area (Å²) in [5.74, 6) is -0.490. The summed E-state index contributed by atoms with van der Waals surface area (Å²) in [5.41, 5.74) is -1.77. The largest absolute Gasteiger partial charge is 0.573 e. The third-order valence-electron chi connectivity index (χ3n) is 5.23. The fourth-order valence-corrected chi connectivity index (χ4v) is 3.72. The molecule has 1 N–H and O–H groups in total. The van der Waals surface area contributed by atoms with Crippen LogP contribution in [-0.2, 0) is 26.1 Å². The van der Waals surface area contributed by atoms with Crippen LogP contribution in [0.2, 0.25) is 0 Å². The van der Waals surface area contributed by atoms with Crippen LogP contribution in [-0.4, -0.2) is 20.7 Å². The molecule has 0 bridgehead atoms. The zero-order valence-electron chi connectivity index (χ0n) is 17.4. The van der Waals surface area contributed by atoms with Crippen LogP contribution in [0.1, 0.15) is 23.1 Å². The predicted molar refractivity (Wildman–Crippen MR) is 109 cm³/mol. The van der Waals surface area contributed by atoms with Crippen molar-refractivity contribution in [2.24, 2.45) is 7.05 Å². The van der Waals surface area contributed by atoms with E-state index in [-0.39, 0.29) is 11.5 Å². The third kappa shape index (κ3) is 4.63. The quantitative estimate of drug-likeness (QED) is 0.563. The van der Waals surface area contributed by atoms with Gasteiger partial charge in [0.25, 0.3) is 11.1 Å². The van der Waals surface area contributed by atoms with Crippen LogP contribution in [0.4, 0.5) is 37.8 Å². The number of hydrogen-bond donors (Lipinski definition) is 1. The Morgan fingerprint density at radius 3 is 2.24 bits per heavy atom. The number of ether oxygens (including phenoxy) is 1. The lowest BCUT2D eigenvalue weighted by molar-refractivity contribution is -0.274. The monoisotopic (exact) mass is 486 g/mol. The van der Waals surface area contributed by atoms with Gasteiger partial charge in [0.15, 0.2) is 5.82 Å². The highest BCUT2D eigenvalue weighted by molar-refractivity contribution is 5.61. The summed E-state index contributed by atoms with van der Waals surface area (Å²) in [7, 11) is 1.17. The highest BCUT2D eigenvalue weighted by Crippen LogP contribution is 2.32. The van der Waals surface area contributed by atoms with Gasteiger partial charge in [-0.1, -0.05) is 0 Å². The Balaban J connectivity index is 1.79. The van der Waals surface area contributed by atoms with Gasteiger partial charge in [-0.15, -0.1) is 18.3 Å². The van der Waals surface area contributed by atoms with Crippen molar-refractivity contribution in [3.63, 3.8) is 0 Å². The van der Waals surface area contributed by atoms with Crippen LogP contribution in [0, 0.1) is 0 Å². The first-order valence-corrected chi connectivity index (χ1v) is 9.89. The number of aryl methyl sites for hydroxylation is 1. The van der Waals surface area contributed by atoms with E-state index in [9.17, 15) is 35.9 Å². The molecule has 0 unspecified atom stereocenters. The van der Waals surface area contributed by atoms with Crippen LogP contribution in [0.5, 0.6) is 5.75 Å². The highest BCUT2D eigenvalue weighted by atomic mass is 19.4. The van der Waals surface area contributed by atoms with E-state index in [1.165, 1.54) is 19.2 Å². The molecule has 180 valence electrons. The minimum atomic E-state index is -4.89. The highest BCUT2D eigenvalue weighted by Gasteiger charge is 2.33. The number of aromatic nitrogens is 3. The maximum atomic E-state index is 13.2. The Morgan fingerprint density at radius 1 is 0.971 bits per heavy atom. The lowest BCUT2D eigenvalue weighted by atomic mass is 10.1. The van der Waals surface area contributed by atoms with E-state index in [4.69, 9.17) is 0 Å². The van der Waals surface area contributed by atoms with Gasteiger partial charge in [-0.2, -0.15) is 17.9 Å². The summed E-state index contributed by atoms with van der Waals surface area (Å²) < 4.78 is 82.4. The zero-order valence-corrected chi connectivity index (χ0v) is 17.4. The summed E-state index contributed by atoms with van der Waals surface area (Å²) >= 11 is 0. The maximum Gasteiger partial charge on any atom is 0.573 e. The van der Waals surface area contributed by atoms with Gasteiger partial charge in [-0.05, 0) is 49.6 Å². The first-order chi connectivity index (χ1) is 15.8. The molecule has 0 fully saturated rings. The van der Waals surface area contributed by atoms with Crippen molar-refractivity contribution in [2.45, 2.75) is 31.8 Å². The second-order valence-corrected chi connectivity index (χ2v) is 7.60. The van der Waals surface area contributed by atoms with Crippen molar-refractivity contribution in [1.82, 2.24) is 14.3 Å². The van der Waals surface area contributed by atoms with Crippen molar-refractivity contribution in [2.75, 3.05) is 5.32 Å². The van der Waals surface area contributed by atoms with E-state index in [2.05, 4.69) is 15.2 Å². The first-order valence-electron chi connectivity index (χ1n) is 9.89. The van der Waals surface area contributed by atoms with E-state index in [1.54, 1.807) is 0 Å². The van der Waals surface area contributed by atoms with Crippen molar-refractivity contribution in [3.8, 4) is 11.4 Å². The van der Waals surface area contributed by atoms with Gasteiger partial charge in [0.2, 0.25) is 0 Å². The van der Waals surface area contributed by atoms with Gasteiger partial charge in [0.05, 0.1) is 11.3 Å². The fraction of sp³-hybridized carbons (Fsp3) is 0.286. The van der Waals surface area contributed by atoms with Gasteiger partial charge < -0.3 is 14.6 Å². The average Bonchev–Trinajstić information content (AvgIpc) is 3.23. The summed E-state index contributed by atoms with van der Waals surface area (Å²) in [6, 6.07) is 5.03. The smallest absolute Gasteiger partial charge is 0.406 e. The van der Waals surface area contributed by atoms with E-state index in [0.717, 1.165) is 21.4 Å². The first kappa shape index (κ1) is 23.4. The Kier molecular flexibility index (Phi) is 5.66. The fourth-order valence-electron chi connectivity index (χ4n) is 3.72. The lowest BCUT2D eigenvalue weighted by Gasteiger charge is -2.16. The predicted octanol–water partition coefficient (Wildman–Crippen LogP) is 4.08. The molecule has 13 heteroatoms. The molecule has 0 saturated heterocycles. The molecular weight excluding hydrogens is 470 g/mol. The molecular formula is C21H16F6N4O3. The minimum absolute atomic E-state index is 0.0131. The number of nitrogens with zero attached hydrogens (tertiary/aromatic N) is 3. The summed E-state index contributed by atoms with van der Waals surface area (Å²) in [5, 5.41) is 6.81. The molecule has 0 radical (unpaired) electrons. The van der Waals surface area contributed by atoms with Crippen LogP contribution >= 0.6 is 0 Å². The molecule has 0 saturated carbocycles. The van der Waals surface area contributed by atoms with Gasteiger partial charge >= 0.3 is 12.5 Å². The van der Waals surface area contributed by atoms with E-state index >= 15 is 0 Å². The molecule has 34 heavy (non-hydrogen) atoms. The average molecular weight is 486 g/mol. The minimum Gasteiger partial charge on any atom is -0.406 e. The van der Waals surface area contributed by atoms with Crippen LogP contribution < -0.4 is 21.2 Å². The maximum absolute atomic E-state index is 13.2. The van der Waals surface area contributed by atoms with Crippen molar-refractivity contribution >= 4 is 11.5 Å². The molecule has 0 amide bonds. The van der Waals surface area contributed by atoms with E-state index in [0.29, 0.717) is 42.7 Å². The number of rotatable bonds is 4. The molecule has 1 aliphatic rings. The number of alkyl halides is 6. The number of pyridine rings is 1. The molecule has 2 heterocycles. The van der Waals surface area contributed by atoms with Gasteiger partial charge in [0.1, 0.15) is 11.4 Å². The number of nitrogens with one attached hydrogen (secondary N) is 1. The zero-order chi connectivity index (χ0) is 24.8. The molecule has 2 aromatic heterocycles. The number of fused-ring (bicyclic) bond motifs is 1. The van der Waals surface area contributed by atoms with Gasteiger partial charge in [-0.25, -0.2) is 0 Å². The second kappa shape index (κ2) is 8.22. The summed E-state index contributed by atoms with van der Waals surface area (Å²) in [4.78, 5) is 25.4. The topological polar surface area (TPSA) is 78.2 Å².